The van der Waals surface area contributed by atoms with Crippen molar-refractivity contribution in [3.63, 3.8) is 0 Å². The lowest BCUT2D eigenvalue weighted by atomic mass is 10.0. The lowest BCUT2D eigenvalue weighted by Gasteiger charge is -2.28. The fourth-order valence-electron chi connectivity index (χ4n) is 6.13. The molecule has 0 saturated carbocycles. The number of H-pyrrole nitrogens is 1. The summed E-state index contributed by atoms with van der Waals surface area (Å²) >= 11 is 0. The van der Waals surface area contributed by atoms with Gasteiger partial charge in [0.1, 0.15) is 17.7 Å². The highest BCUT2D eigenvalue weighted by Crippen LogP contribution is 2.39. The van der Waals surface area contributed by atoms with Gasteiger partial charge in [0.15, 0.2) is 6.04 Å². The first-order valence-electron chi connectivity index (χ1n) is 15.6. The third-order valence-corrected chi connectivity index (χ3v) is 8.67. The molecule has 1 aliphatic carbocycles. The summed E-state index contributed by atoms with van der Waals surface area (Å²) in [7, 11) is 1.76. The van der Waals surface area contributed by atoms with Crippen LogP contribution < -0.4 is 21.1 Å². The molecular formula is C35H34FN5O9. The van der Waals surface area contributed by atoms with Crippen LogP contribution in [0.4, 0.5) is 10.1 Å². The summed E-state index contributed by atoms with van der Waals surface area (Å²) in [5.41, 5.74) is 2.77. The van der Waals surface area contributed by atoms with Gasteiger partial charge in [-0.05, 0) is 78.8 Å². The van der Waals surface area contributed by atoms with Gasteiger partial charge in [0, 0.05) is 19.2 Å². The van der Waals surface area contributed by atoms with Crippen LogP contribution >= 0.6 is 0 Å². The average Bonchev–Trinajstić information content (AvgIpc) is 3.46. The van der Waals surface area contributed by atoms with Gasteiger partial charge in [-0.3, -0.25) is 24.0 Å². The van der Waals surface area contributed by atoms with Crippen molar-refractivity contribution < 1.29 is 43.7 Å². The van der Waals surface area contributed by atoms with Gasteiger partial charge in [-0.2, -0.15) is 0 Å². The Morgan fingerprint density at radius 3 is 2.36 bits per heavy atom. The van der Waals surface area contributed by atoms with Crippen molar-refractivity contribution >= 4 is 46.3 Å². The lowest BCUT2D eigenvalue weighted by Crippen LogP contribution is -2.49. The van der Waals surface area contributed by atoms with E-state index in [1.165, 1.54) is 36.4 Å². The van der Waals surface area contributed by atoms with E-state index in [1.54, 1.807) is 20.0 Å². The molecule has 1 aromatic heterocycles. The highest BCUT2D eigenvalue weighted by Gasteiger charge is 2.31. The molecule has 0 aliphatic heterocycles. The zero-order valence-corrected chi connectivity index (χ0v) is 27.0. The number of rotatable bonds is 13. The molecule has 15 heteroatoms. The van der Waals surface area contributed by atoms with E-state index in [-0.39, 0.29) is 23.6 Å². The van der Waals surface area contributed by atoms with Crippen LogP contribution in [0.1, 0.15) is 69.8 Å². The maximum Gasteiger partial charge on any atom is 0.330 e. The quantitative estimate of drug-likeness (QED) is 0.120. The van der Waals surface area contributed by atoms with E-state index in [9.17, 15) is 39.0 Å². The second-order valence-electron chi connectivity index (χ2n) is 12.1. The van der Waals surface area contributed by atoms with Crippen molar-refractivity contribution in [3.8, 4) is 0 Å². The van der Waals surface area contributed by atoms with Gasteiger partial charge in [0.25, 0.3) is 11.5 Å². The van der Waals surface area contributed by atoms with E-state index < -0.39 is 66.0 Å². The SMILES string of the molecule is Cc1nc2cc3c(cc2c(=O)[nH]1)C(N(C)c1ccc(C(=O)N[C@@H](CCC(=O)O)C(=O)NC(C(=O)O)c2ccc(CC(=O)O)cc2)c(F)c1)CC3. The number of carbonyl (C=O) groups is 5. The average molecular weight is 688 g/mol. The molecule has 1 heterocycles. The Kier molecular flexibility index (Phi) is 10.2. The minimum absolute atomic E-state index is 0.102. The van der Waals surface area contributed by atoms with Crippen molar-refractivity contribution in [2.45, 2.75) is 57.2 Å². The Morgan fingerprint density at radius 2 is 1.72 bits per heavy atom. The molecule has 14 nitrogen and oxygen atoms in total. The number of benzene rings is 3. The Labute approximate surface area is 284 Å². The molecule has 0 saturated heterocycles. The number of hydrogen-bond donors (Lipinski definition) is 6. The van der Waals surface area contributed by atoms with Crippen molar-refractivity contribution in [3.05, 3.63) is 104 Å². The van der Waals surface area contributed by atoms with Crippen molar-refractivity contribution in [2.75, 3.05) is 11.9 Å². The van der Waals surface area contributed by atoms with Gasteiger partial charge < -0.3 is 35.8 Å². The molecule has 5 rings (SSSR count). The van der Waals surface area contributed by atoms with Crippen LogP contribution in [0.3, 0.4) is 0 Å². The van der Waals surface area contributed by atoms with Gasteiger partial charge in [-0.15, -0.1) is 0 Å². The summed E-state index contributed by atoms with van der Waals surface area (Å²) in [4.78, 5) is 82.3. The highest BCUT2D eigenvalue weighted by atomic mass is 19.1. The van der Waals surface area contributed by atoms with Gasteiger partial charge in [0.2, 0.25) is 5.91 Å². The summed E-state index contributed by atoms with van der Waals surface area (Å²) in [6.07, 6.45) is 0.120. The fraction of sp³-hybridized carbons (Fsp3) is 0.286. The molecule has 50 heavy (non-hydrogen) atoms. The van der Waals surface area contributed by atoms with Crippen LogP contribution in [0.15, 0.2) is 59.4 Å². The smallest absolute Gasteiger partial charge is 0.330 e. The zero-order valence-electron chi connectivity index (χ0n) is 27.0. The number of fused-ring (bicyclic) bond motifs is 2. The van der Waals surface area contributed by atoms with Crippen LogP contribution in [0, 0.1) is 12.7 Å². The minimum atomic E-state index is -1.62. The third kappa shape index (κ3) is 7.77. The number of carboxylic acids is 3. The Morgan fingerprint density at radius 1 is 1.00 bits per heavy atom. The topological polar surface area (TPSA) is 219 Å². The number of nitrogens with one attached hydrogen (secondary N) is 3. The van der Waals surface area contributed by atoms with Crippen LogP contribution in [0.5, 0.6) is 0 Å². The fourth-order valence-corrected chi connectivity index (χ4v) is 6.13. The van der Waals surface area contributed by atoms with Crippen LogP contribution in [0.25, 0.3) is 10.9 Å². The predicted octanol–water partition coefficient (Wildman–Crippen LogP) is 3.03. The van der Waals surface area contributed by atoms with Crippen molar-refractivity contribution in [1.29, 1.82) is 0 Å². The standard InChI is InChI=1S/C35H34FN5O9/c1-17-37-27-14-20-7-11-28(23(20)16-24(27)33(47)38-17)41(2)21-8-9-22(25(36)15-21)32(46)39-26(10-12-29(42)43)34(48)40-31(35(49)50)19-5-3-18(4-6-19)13-30(44)45/h3-6,8-9,14-16,26,28,31H,7,10-13H2,1-2H3,(H,39,46)(H,40,48)(H,42,43)(H,44,45)(H,49,50)(H,37,38,47)/t26-,28?,31?/m0/s1. The van der Waals surface area contributed by atoms with Crippen LogP contribution in [0.2, 0.25) is 0 Å². The Bertz CT molecular complexity index is 2060. The van der Waals surface area contributed by atoms with Gasteiger partial charge in [0.05, 0.1) is 28.9 Å². The molecule has 0 radical (unpaired) electrons. The van der Waals surface area contributed by atoms with Gasteiger partial charge in [-0.1, -0.05) is 24.3 Å². The molecule has 260 valence electrons. The van der Waals surface area contributed by atoms with Crippen LogP contribution in [-0.4, -0.2) is 68.1 Å². The molecule has 0 bridgehead atoms. The number of aromatic amines is 1. The van der Waals surface area contributed by atoms with E-state index in [0.29, 0.717) is 34.4 Å². The number of carboxylic acid groups (broad SMARTS) is 3. The number of anilines is 1. The van der Waals surface area contributed by atoms with E-state index in [0.717, 1.165) is 23.6 Å². The minimum Gasteiger partial charge on any atom is -0.481 e. The molecule has 2 unspecified atom stereocenters. The Hall–Kier alpha value is -6.12. The van der Waals surface area contributed by atoms with E-state index in [4.69, 9.17) is 5.11 Å². The lowest BCUT2D eigenvalue weighted by molar-refractivity contribution is -0.142. The predicted molar refractivity (Wildman–Crippen MR) is 177 cm³/mol. The molecule has 1 aliphatic rings. The number of nitrogens with zero attached hydrogens (tertiary/aromatic N) is 2. The first-order valence-corrected chi connectivity index (χ1v) is 15.6. The molecule has 0 spiro atoms. The number of aryl methyl sites for hydroxylation is 2. The monoisotopic (exact) mass is 687 g/mol. The largest absolute Gasteiger partial charge is 0.481 e. The number of halogens is 1. The first kappa shape index (κ1) is 35.2. The second-order valence-corrected chi connectivity index (χ2v) is 12.1. The molecular weight excluding hydrogens is 653 g/mol. The molecule has 6 N–H and O–H groups in total. The first-order chi connectivity index (χ1) is 23.7. The molecule has 4 aromatic rings. The van der Waals surface area contributed by atoms with E-state index in [2.05, 4.69) is 20.6 Å². The molecule has 0 fully saturated rings. The normalized spacial score (nSPS) is 14.7. The van der Waals surface area contributed by atoms with E-state index >= 15 is 4.39 Å². The summed E-state index contributed by atoms with van der Waals surface area (Å²) in [5.74, 6) is -6.28. The van der Waals surface area contributed by atoms with Crippen LogP contribution in [-0.2, 0) is 32.0 Å². The van der Waals surface area contributed by atoms with E-state index in [1.807, 2.05) is 11.0 Å². The summed E-state index contributed by atoms with van der Waals surface area (Å²) < 4.78 is 15.5. The molecule has 2 amide bonds. The summed E-state index contributed by atoms with van der Waals surface area (Å²) in [6.45, 7) is 1.71. The maximum absolute atomic E-state index is 15.5. The summed E-state index contributed by atoms with van der Waals surface area (Å²) in [5, 5.41) is 33.0. The number of aromatic nitrogens is 2. The zero-order chi connectivity index (χ0) is 36.3. The number of amides is 2. The molecule has 3 aromatic carbocycles. The number of hydrogen-bond acceptors (Lipinski definition) is 8. The number of aliphatic carboxylic acids is 3. The van der Waals surface area contributed by atoms with Gasteiger partial charge >= 0.3 is 17.9 Å². The van der Waals surface area contributed by atoms with Gasteiger partial charge in [-0.25, -0.2) is 14.2 Å². The van der Waals surface area contributed by atoms with Crippen molar-refractivity contribution in [2.24, 2.45) is 0 Å². The Balaban J connectivity index is 1.32. The third-order valence-electron chi connectivity index (χ3n) is 8.67. The highest BCUT2D eigenvalue weighted by molar-refractivity contribution is 5.98. The summed E-state index contributed by atoms with van der Waals surface area (Å²) in [6, 6.07) is 9.70. The number of carbonyl (C=O) groups excluding carboxylic acids is 2. The van der Waals surface area contributed by atoms with Crippen molar-refractivity contribution in [1.82, 2.24) is 20.6 Å². The second kappa shape index (κ2) is 14.6. The molecule has 3 atom stereocenters. The maximum atomic E-state index is 15.5.